The summed E-state index contributed by atoms with van der Waals surface area (Å²) < 4.78 is 0. The Kier molecular flexibility index (Phi) is 6.52. The maximum absolute atomic E-state index is 12.5. The van der Waals surface area contributed by atoms with E-state index in [1.807, 2.05) is 13.8 Å². The molecule has 0 spiro atoms. The van der Waals surface area contributed by atoms with Crippen LogP contribution in [0.5, 0.6) is 0 Å². The number of piperazine rings is 2. The Hall–Kier alpha value is -2.21. The second-order valence-electron chi connectivity index (χ2n) is 9.09. The molecule has 1 N–H and O–H groups in total. The molecular weight excluding hydrogens is 372 g/mol. The van der Waals surface area contributed by atoms with Gasteiger partial charge in [0.05, 0.1) is 5.54 Å². The average Bonchev–Trinajstić information content (AvgIpc) is 2.75. The molecule has 2 aliphatic rings. The highest BCUT2D eigenvalue weighted by molar-refractivity contribution is 5.86. The van der Waals surface area contributed by atoms with E-state index in [2.05, 4.69) is 80.7 Å². The molecule has 0 saturated carbocycles. The standard InChI is InChI=1S/C25H34N4O/c1-25(2)24(30)26-13-14-29(25)20-23-19-27(17-21-9-5-3-6-10-21)15-16-28(23)18-22-11-7-4-8-12-22/h3-12,23H,13-20H2,1-2H3,(H,26,30)/t23-/m1/s1. The molecule has 0 aliphatic carbocycles. The highest BCUT2D eigenvalue weighted by Gasteiger charge is 2.40. The van der Waals surface area contributed by atoms with Gasteiger partial charge in [0.2, 0.25) is 5.91 Å². The second-order valence-corrected chi connectivity index (χ2v) is 9.09. The number of hydrogen-bond acceptors (Lipinski definition) is 4. The van der Waals surface area contributed by atoms with E-state index < -0.39 is 5.54 Å². The van der Waals surface area contributed by atoms with Gasteiger partial charge in [-0.1, -0.05) is 60.7 Å². The van der Waals surface area contributed by atoms with Gasteiger partial charge in [-0.2, -0.15) is 0 Å². The maximum atomic E-state index is 12.5. The van der Waals surface area contributed by atoms with E-state index in [1.165, 1.54) is 11.1 Å². The number of hydrogen-bond donors (Lipinski definition) is 1. The Morgan fingerprint density at radius 3 is 2.20 bits per heavy atom. The highest BCUT2D eigenvalue weighted by atomic mass is 16.2. The number of benzene rings is 2. The third kappa shape index (κ3) is 4.91. The number of carbonyl (C=O) groups is 1. The van der Waals surface area contributed by atoms with Gasteiger partial charge in [-0.15, -0.1) is 0 Å². The van der Waals surface area contributed by atoms with Crippen LogP contribution >= 0.6 is 0 Å². The first kappa shape index (κ1) is 21.0. The van der Waals surface area contributed by atoms with Gasteiger partial charge in [-0.05, 0) is 25.0 Å². The molecule has 160 valence electrons. The summed E-state index contributed by atoms with van der Waals surface area (Å²) in [5, 5.41) is 3.03. The highest BCUT2D eigenvalue weighted by Crippen LogP contribution is 2.22. The molecule has 4 rings (SSSR count). The van der Waals surface area contributed by atoms with Crippen molar-refractivity contribution in [3.63, 3.8) is 0 Å². The minimum Gasteiger partial charge on any atom is -0.353 e. The largest absolute Gasteiger partial charge is 0.353 e. The van der Waals surface area contributed by atoms with Crippen LogP contribution in [0.1, 0.15) is 25.0 Å². The molecule has 0 unspecified atom stereocenters. The smallest absolute Gasteiger partial charge is 0.240 e. The Bertz CT molecular complexity index is 824. The molecule has 2 heterocycles. The SMILES string of the molecule is CC1(C)C(=O)NCCN1C[C@H]1CN(Cc2ccccc2)CCN1Cc1ccccc1. The van der Waals surface area contributed by atoms with Crippen molar-refractivity contribution in [1.82, 2.24) is 20.0 Å². The summed E-state index contributed by atoms with van der Waals surface area (Å²) in [6.45, 7) is 11.8. The topological polar surface area (TPSA) is 38.8 Å². The van der Waals surface area contributed by atoms with Crippen molar-refractivity contribution in [2.45, 2.75) is 38.5 Å². The maximum Gasteiger partial charge on any atom is 0.240 e. The van der Waals surface area contributed by atoms with E-state index >= 15 is 0 Å². The summed E-state index contributed by atoms with van der Waals surface area (Å²) in [5.74, 6) is 0.139. The monoisotopic (exact) mass is 406 g/mol. The van der Waals surface area contributed by atoms with Crippen LogP contribution < -0.4 is 5.32 Å². The van der Waals surface area contributed by atoms with Gasteiger partial charge in [0.1, 0.15) is 0 Å². The Morgan fingerprint density at radius 2 is 1.53 bits per heavy atom. The van der Waals surface area contributed by atoms with Crippen LogP contribution in [-0.2, 0) is 17.9 Å². The number of rotatable bonds is 6. The van der Waals surface area contributed by atoms with Crippen LogP contribution in [-0.4, -0.2) is 71.5 Å². The van der Waals surface area contributed by atoms with Gasteiger partial charge < -0.3 is 5.32 Å². The van der Waals surface area contributed by atoms with Gasteiger partial charge >= 0.3 is 0 Å². The molecule has 2 fully saturated rings. The normalized spacial score (nSPS) is 23.3. The van der Waals surface area contributed by atoms with Crippen molar-refractivity contribution in [2.24, 2.45) is 0 Å². The minimum atomic E-state index is -0.460. The second kappa shape index (κ2) is 9.29. The fraction of sp³-hybridized carbons (Fsp3) is 0.480. The fourth-order valence-electron chi connectivity index (χ4n) is 4.66. The number of nitrogens with zero attached hydrogens (tertiary/aromatic N) is 3. The van der Waals surface area contributed by atoms with Crippen LogP contribution in [0.3, 0.4) is 0 Å². The van der Waals surface area contributed by atoms with Crippen LogP contribution in [0.2, 0.25) is 0 Å². The lowest BCUT2D eigenvalue weighted by molar-refractivity contribution is -0.136. The van der Waals surface area contributed by atoms with E-state index in [-0.39, 0.29) is 5.91 Å². The van der Waals surface area contributed by atoms with Gasteiger partial charge in [0.15, 0.2) is 0 Å². The van der Waals surface area contributed by atoms with Crippen molar-refractivity contribution < 1.29 is 4.79 Å². The van der Waals surface area contributed by atoms with Gasteiger partial charge in [-0.25, -0.2) is 0 Å². The zero-order valence-corrected chi connectivity index (χ0v) is 18.3. The number of amides is 1. The zero-order valence-electron chi connectivity index (χ0n) is 18.3. The predicted octanol–water partition coefficient (Wildman–Crippen LogP) is 2.58. The first-order valence-corrected chi connectivity index (χ1v) is 11.1. The Morgan fingerprint density at radius 1 is 0.900 bits per heavy atom. The van der Waals surface area contributed by atoms with E-state index in [0.29, 0.717) is 6.04 Å². The molecule has 1 atom stereocenters. The lowest BCUT2D eigenvalue weighted by Crippen LogP contribution is -2.65. The number of nitrogens with one attached hydrogen (secondary N) is 1. The quantitative estimate of drug-likeness (QED) is 0.800. The molecule has 2 aromatic carbocycles. The lowest BCUT2D eigenvalue weighted by Gasteiger charge is -2.48. The van der Waals surface area contributed by atoms with Gasteiger partial charge in [-0.3, -0.25) is 19.5 Å². The third-order valence-electron chi connectivity index (χ3n) is 6.61. The summed E-state index contributed by atoms with van der Waals surface area (Å²) in [7, 11) is 0. The average molecular weight is 407 g/mol. The van der Waals surface area contributed by atoms with Crippen molar-refractivity contribution in [3.05, 3.63) is 71.8 Å². The molecule has 1 amide bonds. The Balaban J connectivity index is 1.49. The molecule has 2 saturated heterocycles. The zero-order chi connectivity index (χ0) is 21.0. The molecule has 0 aromatic heterocycles. The summed E-state index contributed by atoms with van der Waals surface area (Å²) in [5.41, 5.74) is 2.26. The van der Waals surface area contributed by atoms with Crippen LogP contribution in [0.4, 0.5) is 0 Å². The van der Waals surface area contributed by atoms with Gasteiger partial charge in [0, 0.05) is 58.4 Å². The van der Waals surface area contributed by atoms with Crippen molar-refractivity contribution in [1.29, 1.82) is 0 Å². The molecule has 0 bridgehead atoms. The minimum absolute atomic E-state index is 0.139. The molecule has 5 heteroatoms. The fourth-order valence-corrected chi connectivity index (χ4v) is 4.66. The van der Waals surface area contributed by atoms with E-state index in [4.69, 9.17) is 0 Å². The molecule has 5 nitrogen and oxygen atoms in total. The lowest BCUT2D eigenvalue weighted by atomic mass is 9.97. The van der Waals surface area contributed by atoms with Gasteiger partial charge in [0.25, 0.3) is 0 Å². The number of carbonyl (C=O) groups excluding carboxylic acids is 1. The summed E-state index contributed by atoms with van der Waals surface area (Å²) in [4.78, 5) is 20.0. The first-order chi connectivity index (χ1) is 14.5. The van der Waals surface area contributed by atoms with E-state index in [1.54, 1.807) is 0 Å². The summed E-state index contributed by atoms with van der Waals surface area (Å²) in [6, 6.07) is 21.9. The van der Waals surface area contributed by atoms with Crippen LogP contribution in [0.15, 0.2) is 60.7 Å². The predicted molar refractivity (Wildman–Crippen MR) is 121 cm³/mol. The van der Waals surface area contributed by atoms with Crippen molar-refractivity contribution in [3.8, 4) is 0 Å². The molecule has 2 aromatic rings. The molecule has 0 radical (unpaired) electrons. The third-order valence-corrected chi connectivity index (χ3v) is 6.61. The van der Waals surface area contributed by atoms with E-state index in [0.717, 1.165) is 52.4 Å². The molecule has 30 heavy (non-hydrogen) atoms. The molecular formula is C25H34N4O. The van der Waals surface area contributed by atoms with E-state index in [9.17, 15) is 4.79 Å². The molecule has 2 aliphatic heterocycles. The first-order valence-electron chi connectivity index (χ1n) is 11.1. The summed E-state index contributed by atoms with van der Waals surface area (Å²) >= 11 is 0. The van der Waals surface area contributed by atoms with Crippen LogP contribution in [0.25, 0.3) is 0 Å². The van der Waals surface area contributed by atoms with Crippen molar-refractivity contribution in [2.75, 3.05) is 39.3 Å². The Labute approximate surface area is 180 Å². The summed E-state index contributed by atoms with van der Waals surface area (Å²) in [6.07, 6.45) is 0. The van der Waals surface area contributed by atoms with Crippen molar-refractivity contribution >= 4 is 5.91 Å². The van der Waals surface area contributed by atoms with Crippen LogP contribution in [0, 0.1) is 0 Å².